The molecule has 0 saturated heterocycles. The van der Waals surface area contributed by atoms with E-state index in [1.807, 2.05) is 0 Å². The maximum atomic E-state index is 12.8. The van der Waals surface area contributed by atoms with Crippen molar-refractivity contribution in [3.8, 4) is 0 Å². The topological polar surface area (TPSA) is 78.9 Å². The molecular formula is C68H122O6. The quantitative estimate of drug-likeness (QED) is 0.0261. The van der Waals surface area contributed by atoms with Crippen LogP contribution in [0.15, 0.2) is 60.8 Å². The molecule has 0 N–H and O–H groups in total. The van der Waals surface area contributed by atoms with Crippen LogP contribution in [0.1, 0.15) is 335 Å². The van der Waals surface area contributed by atoms with Crippen LogP contribution in [0.3, 0.4) is 0 Å². The minimum absolute atomic E-state index is 0.0729. The van der Waals surface area contributed by atoms with E-state index in [0.29, 0.717) is 19.3 Å². The number of carbonyl (C=O) groups is 3. The molecule has 0 spiro atoms. The van der Waals surface area contributed by atoms with Gasteiger partial charge in [0, 0.05) is 19.3 Å². The van der Waals surface area contributed by atoms with Gasteiger partial charge in [0.05, 0.1) is 0 Å². The van der Waals surface area contributed by atoms with E-state index in [4.69, 9.17) is 14.2 Å². The fourth-order valence-corrected chi connectivity index (χ4v) is 9.36. The molecule has 0 aliphatic heterocycles. The predicted octanol–water partition coefficient (Wildman–Crippen LogP) is 21.9. The summed E-state index contributed by atoms with van der Waals surface area (Å²) >= 11 is 0. The summed E-state index contributed by atoms with van der Waals surface area (Å²) in [6, 6.07) is 0. The lowest BCUT2D eigenvalue weighted by Gasteiger charge is -2.18. The third kappa shape index (κ3) is 60.0. The Morgan fingerprint density at radius 2 is 0.486 bits per heavy atom. The maximum absolute atomic E-state index is 12.8. The van der Waals surface area contributed by atoms with Crippen molar-refractivity contribution in [2.24, 2.45) is 0 Å². The summed E-state index contributed by atoms with van der Waals surface area (Å²) in [5, 5.41) is 0. The van der Waals surface area contributed by atoms with E-state index in [0.717, 1.165) is 77.0 Å². The van der Waals surface area contributed by atoms with Gasteiger partial charge in [-0.2, -0.15) is 0 Å². The number of ether oxygens (including phenoxy) is 3. The highest BCUT2D eigenvalue weighted by Crippen LogP contribution is 2.17. The highest BCUT2D eigenvalue weighted by atomic mass is 16.6. The molecule has 0 rings (SSSR count). The van der Waals surface area contributed by atoms with E-state index >= 15 is 0 Å². The van der Waals surface area contributed by atoms with Crippen LogP contribution >= 0.6 is 0 Å². The van der Waals surface area contributed by atoms with Gasteiger partial charge in [0.15, 0.2) is 6.10 Å². The van der Waals surface area contributed by atoms with Gasteiger partial charge < -0.3 is 14.2 Å². The normalized spacial score (nSPS) is 12.4. The van der Waals surface area contributed by atoms with Gasteiger partial charge in [0.25, 0.3) is 0 Å². The van der Waals surface area contributed by atoms with Gasteiger partial charge in [0.1, 0.15) is 13.2 Å². The molecule has 0 aliphatic rings. The summed E-state index contributed by atoms with van der Waals surface area (Å²) in [5.41, 5.74) is 0. The van der Waals surface area contributed by atoms with Crippen LogP contribution in [0.2, 0.25) is 0 Å². The smallest absolute Gasteiger partial charge is 0.306 e. The van der Waals surface area contributed by atoms with Crippen molar-refractivity contribution in [1.82, 2.24) is 0 Å². The minimum Gasteiger partial charge on any atom is -0.462 e. The molecule has 74 heavy (non-hydrogen) atoms. The van der Waals surface area contributed by atoms with Gasteiger partial charge in [-0.3, -0.25) is 14.4 Å². The molecule has 1 unspecified atom stereocenters. The average Bonchev–Trinajstić information content (AvgIpc) is 3.40. The molecule has 430 valence electrons. The van der Waals surface area contributed by atoms with Gasteiger partial charge >= 0.3 is 17.9 Å². The van der Waals surface area contributed by atoms with Gasteiger partial charge in [0.2, 0.25) is 0 Å². The van der Waals surface area contributed by atoms with Crippen LogP contribution in [-0.4, -0.2) is 37.2 Å². The first kappa shape index (κ1) is 71.1. The molecule has 1 atom stereocenters. The Morgan fingerprint density at radius 1 is 0.270 bits per heavy atom. The number of hydrogen-bond donors (Lipinski definition) is 0. The Balaban J connectivity index is 4.01. The largest absolute Gasteiger partial charge is 0.462 e. The SMILES string of the molecule is CCCCC/C=C\C/C=C\CCCCCCCCCCCC(=O)OC(COC(=O)CCCCCCCC)COC(=O)CCCCCCCCCCCCCCCCCC/C=C\C/C=C\C/C=C\CCCCCCC. The van der Waals surface area contributed by atoms with Crippen molar-refractivity contribution in [2.75, 3.05) is 13.2 Å². The highest BCUT2D eigenvalue weighted by molar-refractivity contribution is 5.71. The van der Waals surface area contributed by atoms with E-state index in [-0.39, 0.29) is 31.1 Å². The Morgan fingerprint density at radius 3 is 0.784 bits per heavy atom. The molecule has 6 heteroatoms. The molecule has 0 saturated carbocycles. The molecule has 0 aromatic heterocycles. The molecule has 0 amide bonds. The highest BCUT2D eigenvalue weighted by Gasteiger charge is 2.19. The van der Waals surface area contributed by atoms with Gasteiger partial charge in [-0.1, -0.05) is 287 Å². The molecule has 0 fully saturated rings. The summed E-state index contributed by atoms with van der Waals surface area (Å²) in [5.74, 6) is -0.872. The van der Waals surface area contributed by atoms with Crippen LogP contribution in [0, 0.1) is 0 Å². The molecule has 0 bridgehead atoms. The van der Waals surface area contributed by atoms with E-state index in [1.54, 1.807) is 0 Å². The van der Waals surface area contributed by atoms with Gasteiger partial charge in [-0.25, -0.2) is 0 Å². The minimum atomic E-state index is -0.772. The average molecular weight is 1040 g/mol. The van der Waals surface area contributed by atoms with Crippen molar-refractivity contribution in [2.45, 2.75) is 341 Å². The summed E-state index contributed by atoms with van der Waals surface area (Å²) in [4.78, 5) is 38.0. The first-order valence-electron chi connectivity index (χ1n) is 32.3. The van der Waals surface area contributed by atoms with E-state index in [1.165, 1.54) is 218 Å². The molecule has 0 heterocycles. The van der Waals surface area contributed by atoms with Crippen molar-refractivity contribution in [1.29, 1.82) is 0 Å². The van der Waals surface area contributed by atoms with E-state index in [9.17, 15) is 14.4 Å². The van der Waals surface area contributed by atoms with Crippen LogP contribution in [0.25, 0.3) is 0 Å². The van der Waals surface area contributed by atoms with Crippen molar-refractivity contribution >= 4 is 17.9 Å². The van der Waals surface area contributed by atoms with Gasteiger partial charge in [-0.05, 0) is 89.9 Å². The molecule has 0 aliphatic carbocycles. The summed E-state index contributed by atoms with van der Waals surface area (Å²) in [7, 11) is 0. The molecule has 0 aromatic rings. The summed E-state index contributed by atoms with van der Waals surface area (Å²) in [6.45, 7) is 6.58. The zero-order chi connectivity index (χ0) is 53.6. The standard InChI is InChI=1S/C68H122O6/c1-4-7-10-13-16-18-20-22-24-26-28-29-30-31-32-33-34-35-36-37-38-39-41-42-44-46-48-50-52-55-58-61-67(70)73-64-65(63-72-66(69)60-57-54-15-12-9-6-3)74-68(71)62-59-56-53-51-49-47-45-43-40-27-25-23-21-19-17-14-11-8-5-2/h17,19-20,22-23,25-26,28,30-31,65H,4-16,18,21,24,27,29,32-64H2,1-3H3/b19-17-,22-20-,25-23-,28-26-,31-30-. The number of hydrogen-bond acceptors (Lipinski definition) is 6. The lowest BCUT2D eigenvalue weighted by molar-refractivity contribution is -0.167. The summed E-state index contributed by atoms with van der Waals surface area (Å²) in [6.07, 6.45) is 79.8. The van der Waals surface area contributed by atoms with Crippen molar-refractivity contribution in [3.63, 3.8) is 0 Å². The van der Waals surface area contributed by atoms with Crippen LogP contribution in [-0.2, 0) is 28.6 Å². The lowest BCUT2D eigenvalue weighted by atomic mass is 10.0. The third-order valence-corrected chi connectivity index (χ3v) is 14.2. The summed E-state index contributed by atoms with van der Waals surface area (Å²) < 4.78 is 16.8. The maximum Gasteiger partial charge on any atom is 0.306 e. The number of allylic oxidation sites excluding steroid dienone is 10. The first-order valence-corrected chi connectivity index (χ1v) is 32.3. The lowest BCUT2D eigenvalue weighted by Crippen LogP contribution is -2.30. The van der Waals surface area contributed by atoms with E-state index in [2.05, 4.69) is 81.5 Å². The molecule has 6 nitrogen and oxygen atoms in total. The second-order valence-electron chi connectivity index (χ2n) is 21.7. The zero-order valence-electron chi connectivity index (χ0n) is 49.4. The van der Waals surface area contributed by atoms with Crippen molar-refractivity contribution in [3.05, 3.63) is 60.8 Å². The predicted molar refractivity (Wildman–Crippen MR) is 321 cm³/mol. The van der Waals surface area contributed by atoms with Crippen molar-refractivity contribution < 1.29 is 28.6 Å². The molecular weight excluding hydrogens is 913 g/mol. The molecule has 0 radical (unpaired) electrons. The number of carbonyl (C=O) groups excluding carboxylic acids is 3. The Bertz CT molecular complexity index is 1330. The number of esters is 3. The monoisotopic (exact) mass is 1030 g/mol. The van der Waals surface area contributed by atoms with Crippen LogP contribution in [0.4, 0.5) is 0 Å². The van der Waals surface area contributed by atoms with Crippen LogP contribution in [0.5, 0.6) is 0 Å². The third-order valence-electron chi connectivity index (χ3n) is 14.2. The fraction of sp³-hybridized carbons (Fsp3) is 0.809. The number of unbranched alkanes of at least 4 members (excludes halogenated alkanes) is 38. The van der Waals surface area contributed by atoms with Gasteiger partial charge in [-0.15, -0.1) is 0 Å². The number of rotatable bonds is 59. The Kier molecular flexibility index (Phi) is 60.2. The van der Waals surface area contributed by atoms with Crippen LogP contribution < -0.4 is 0 Å². The second kappa shape index (κ2) is 62.6. The van der Waals surface area contributed by atoms with E-state index < -0.39 is 6.10 Å². The zero-order valence-corrected chi connectivity index (χ0v) is 49.4. The molecule has 0 aromatic carbocycles. The first-order chi connectivity index (χ1) is 36.5. The fourth-order valence-electron chi connectivity index (χ4n) is 9.36. The second-order valence-corrected chi connectivity index (χ2v) is 21.7. The Labute approximate surface area is 460 Å². The Hall–Kier alpha value is -2.89.